The van der Waals surface area contributed by atoms with Crippen molar-refractivity contribution in [3.05, 3.63) is 0 Å². The molecule has 0 heterocycles. The van der Waals surface area contributed by atoms with Gasteiger partial charge in [-0.05, 0) is 18.9 Å². The molecule has 94 valence electrons. The molecule has 0 spiro atoms. The second-order valence-electron chi connectivity index (χ2n) is 3.87. The number of carboxylic acids is 1. The van der Waals surface area contributed by atoms with Gasteiger partial charge in [0.25, 0.3) is 0 Å². The summed E-state index contributed by atoms with van der Waals surface area (Å²) in [4.78, 5) is 21.5. The summed E-state index contributed by atoms with van der Waals surface area (Å²) in [6, 6.07) is 0. The Labute approximate surface area is 94.8 Å². The first-order valence-electron chi connectivity index (χ1n) is 5.35. The molecule has 0 aromatic rings. The van der Waals surface area contributed by atoms with Crippen LogP contribution in [-0.4, -0.2) is 41.3 Å². The minimum absolute atomic E-state index is 0.0213. The molecule has 6 heteroatoms. The number of carboxylic acid groups (broad SMARTS) is 1. The summed E-state index contributed by atoms with van der Waals surface area (Å²) in [5.41, 5.74) is 5.40. The predicted molar refractivity (Wildman–Crippen MR) is 58.7 cm³/mol. The Morgan fingerprint density at radius 1 is 1.38 bits per heavy atom. The normalized spacial score (nSPS) is 14.2. The largest absolute Gasteiger partial charge is 0.479 e. The van der Waals surface area contributed by atoms with Gasteiger partial charge in [0.1, 0.15) is 0 Å². The third-order valence-corrected chi connectivity index (χ3v) is 2.29. The fourth-order valence-corrected chi connectivity index (χ4v) is 1.06. The monoisotopic (exact) mass is 232 g/mol. The van der Waals surface area contributed by atoms with E-state index in [-0.39, 0.29) is 18.9 Å². The highest BCUT2D eigenvalue weighted by Gasteiger charge is 2.12. The number of nitrogens with one attached hydrogen (secondary N) is 1. The van der Waals surface area contributed by atoms with Crippen molar-refractivity contribution in [2.45, 2.75) is 32.3 Å². The number of rotatable bonds is 8. The minimum Gasteiger partial charge on any atom is -0.479 e. The lowest BCUT2D eigenvalue weighted by molar-refractivity contribution is -0.147. The minimum atomic E-state index is -1.41. The molecule has 0 aliphatic rings. The van der Waals surface area contributed by atoms with Crippen LogP contribution in [0.5, 0.6) is 0 Å². The second-order valence-corrected chi connectivity index (χ2v) is 3.87. The molecule has 0 bridgehead atoms. The summed E-state index contributed by atoms with van der Waals surface area (Å²) < 4.78 is 0. The zero-order valence-corrected chi connectivity index (χ0v) is 9.48. The summed E-state index contributed by atoms with van der Waals surface area (Å²) in [6.45, 7) is 2.68. The Hall–Kier alpha value is -1.14. The summed E-state index contributed by atoms with van der Waals surface area (Å²) in [7, 11) is 0. The maximum absolute atomic E-state index is 11.2. The molecule has 5 N–H and O–H groups in total. The molecule has 0 aromatic carbocycles. The van der Waals surface area contributed by atoms with Crippen LogP contribution in [0.1, 0.15) is 26.2 Å². The molecular weight excluding hydrogens is 212 g/mol. The lowest BCUT2D eigenvalue weighted by Gasteiger charge is -2.09. The van der Waals surface area contributed by atoms with E-state index in [0.29, 0.717) is 25.3 Å². The molecule has 0 aliphatic heterocycles. The van der Waals surface area contributed by atoms with E-state index in [4.69, 9.17) is 15.9 Å². The van der Waals surface area contributed by atoms with Crippen LogP contribution in [0, 0.1) is 5.92 Å². The van der Waals surface area contributed by atoms with E-state index in [0.717, 1.165) is 0 Å². The Bertz CT molecular complexity index is 233. The van der Waals surface area contributed by atoms with E-state index in [1.807, 2.05) is 6.92 Å². The van der Waals surface area contributed by atoms with E-state index >= 15 is 0 Å². The Kier molecular flexibility index (Phi) is 7.49. The van der Waals surface area contributed by atoms with Gasteiger partial charge in [-0.2, -0.15) is 0 Å². The zero-order chi connectivity index (χ0) is 12.6. The fourth-order valence-electron chi connectivity index (χ4n) is 1.06. The van der Waals surface area contributed by atoms with Crippen molar-refractivity contribution in [1.29, 1.82) is 0 Å². The van der Waals surface area contributed by atoms with Gasteiger partial charge in [-0.3, -0.25) is 4.79 Å². The van der Waals surface area contributed by atoms with Gasteiger partial charge in [0, 0.05) is 19.4 Å². The van der Waals surface area contributed by atoms with Gasteiger partial charge >= 0.3 is 5.97 Å². The number of aliphatic hydroxyl groups is 1. The molecule has 0 rings (SSSR count). The average molecular weight is 232 g/mol. The first-order valence-corrected chi connectivity index (χ1v) is 5.35. The lowest BCUT2D eigenvalue weighted by atomic mass is 10.1. The summed E-state index contributed by atoms with van der Waals surface area (Å²) in [5, 5.41) is 19.9. The van der Waals surface area contributed by atoms with Crippen LogP contribution < -0.4 is 11.1 Å². The van der Waals surface area contributed by atoms with E-state index in [1.165, 1.54) is 0 Å². The van der Waals surface area contributed by atoms with Crippen LogP contribution in [-0.2, 0) is 9.59 Å². The summed E-state index contributed by atoms with van der Waals surface area (Å²) in [5.74, 6) is -1.11. The second kappa shape index (κ2) is 8.06. The molecular formula is C10H20N2O4. The maximum Gasteiger partial charge on any atom is 0.332 e. The van der Waals surface area contributed by atoms with Crippen molar-refractivity contribution < 1.29 is 19.8 Å². The smallest absolute Gasteiger partial charge is 0.332 e. The molecule has 0 aliphatic carbocycles. The Balaban J connectivity index is 3.55. The molecule has 0 saturated carbocycles. The average Bonchev–Trinajstić information content (AvgIpc) is 2.25. The fraction of sp³-hybridized carbons (Fsp3) is 0.800. The zero-order valence-electron chi connectivity index (χ0n) is 9.48. The van der Waals surface area contributed by atoms with Gasteiger partial charge in [0.05, 0.1) is 0 Å². The number of aliphatic hydroxyl groups excluding tert-OH is 1. The molecule has 0 saturated heterocycles. The van der Waals surface area contributed by atoms with E-state index in [9.17, 15) is 9.59 Å². The first-order chi connectivity index (χ1) is 7.47. The van der Waals surface area contributed by atoms with Crippen molar-refractivity contribution in [1.82, 2.24) is 5.32 Å². The van der Waals surface area contributed by atoms with Gasteiger partial charge < -0.3 is 21.3 Å². The van der Waals surface area contributed by atoms with Crippen LogP contribution in [0.2, 0.25) is 0 Å². The van der Waals surface area contributed by atoms with Crippen molar-refractivity contribution in [3.8, 4) is 0 Å². The first kappa shape index (κ1) is 14.9. The van der Waals surface area contributed by atoms with Crippen molar-refractivity contribution in [3.63, 3.8) is 0 Å². The molecule has 1 unspecified atom stereocenters. The molecule has 2 atom stereocenters. The third kappa shape index (κ3) is 7.19. The summed E-state index contributed by atoms with van der Waals surface area (Å²) in [6.07, 6.45) is -0.304. The standard InChI is InChI=1S/C10H20N2O4/c1-7(6-11)2-3-9(14)12-5-4-8(13)10(15)16/h7-8,13H,2-6,11H2,1H3,(H,12,14)(H,15,16)/t7?,8-/m0/s1. The van der Waals surface area contributed by atoms with E-state index in [1.54, 1.807) is 0 Å². The quantitative estimate of drug-likeness (QED) is 0.442. The molecule has 6 nitrogen and oxygen atoms in total. The number of aliphatic carboxylic acids is 1. The summed E-state index contributed by atoms with van der Waals surface area (Å²) >= 11 is 0. The number of hydrogen-bond acceptors (Lipinski definition) is 4. The van der Waals surface area contributed by atoms with Crippen LogP contribution in [0.25, 0.3) is 0 Å². The predicted octanol–water partition coefficient (Wildman–Crippen LogP) is -0.687. The van der Waals surface area contributed by atoms with Gasteiger partial charge in [-0.15, -0.1) is 0 Å². The highest BCUT2D eigenvalue weighted by molar-refractivity contribution is 5.76. The molecule has 0 fully saturated rings. The maximum atomic E-state index is 11.2. The van der Waals surface area contributed by atoms with E-state index in [2.05, 4.69) is 5.32 Å². The number of carbonyl (C=O) groups is 2. The molecule has 16 heavy (non-hydrogen) atoms. The van der Waals surface area contributed by atoms with Crippen LogP contribution >= 0.6 is 0 Å². The third-order valence-electron chi connectivity index (χ3n) is 2.29. The number of hydrogen-bond donors (Lipinski definition) is 4. The highest BCUT2D eigenvalue weighted by Crippen LogP contribution is 2.02. The topological polar surface area (TPSA) is 113 Å². The van der Waals surface area contributed by atoms with Gasteiger partial charge in [0.2, 0.25) is 5.91 Å². The van der Waals surface area contributed by atoms with Crippen LogP contribution in [0.4, 0.5) is 0 Å². The number of carbonyl (C=O) groups excluding carboxylic acids is 1. The number of nitrogens with two attached hydrogens (primary N) is 1. The van der Waals surface area contributed by atoms with Gasteiger partial charge in [-0.1, -0.05) is 6.92 Å². The molecule has 1 amide bonds. The SMILES string of the molecule is CC(CN)CCC(=O)NCC[C@H](O)C(=O)O. The Morgan fingerprint density at radius 3 is 2.50 bits per heavy atom. The van der Waals surface area contributed by atoms with Crippen molar-refractivity contribution in [2.24, 2.45) is 11.7 Å². The molecule has 0 radical (unpaired) electrons. The Morgan fingerprint density at radius 2 is 2.00 bits per heavy atom. The van der Waals surface area contributed by atoms with Crippen molar-refractivity contribution >= 4 is 11.9 Å². The van der Waals surface area contributed by atoms with Gasteiger partial charge in [-0.25, -0.2) is 4.79 Å². The van der Waals surface area contributed by atoms with Crippen LogP contribution in [0.3, 0.4) is 0 Å². The van der Waals surface area contributed by atoms with Crippen molar-refractivity contribution in [2.75, 3.05) is 13.1 Å². The lowest BCUT2D eigenvalue weighted by Crippen LogP contribution is -2.30. The highest BCUT2D eigenvalue weighted by atomic mass is 16.4. The molecule has 0 aromatic heterocycles. The number of amides is 1. The van der Waals surface area contributed by atoms with E-state index < -0.39 is 12.1 Å². The van der Waals surface area contributed by atoms with Gasteiger partial charge in [0.15, 0.2) is 6.10 Å². The van der Waals surface area contributed by atoms with Crippen LogP contribution in [0.15, 0.2) is 0 Å².